The van der Waals surface area contributed by atoms with Gasteiger partial charge in [-0.1, -0.05) is 6.07 Å². The molecule has 0 atom stereocenters. The number of nitrogens with zero attached hydrogens (tertiary/aromatic N) is 1. The number of esters is 1. The van der Waals surface area contributed by atoms with Gasteiger partial charge in [0, 0.05) is 24.4 Å². The van der Waals surface area contributed by atoms with E-state index < -0.39 is 0 Å². The third-order valence-electron chi connectivity index (χ3n) is 3.20. The van der Waals surface area contributed by atoms with Crippen molar-refractivity contribution in [3.8, 4) is 0 Å². The second-order valence-electron chi connectivity index (χ2n) is 4.68. The summed E-state index contributed by atoms with van der Waals surface area (Å²) in [6, 6.07) is 4.07. The molecule has 1 amide bonds. The van der Waals surface area contributed by atoms with Gasteiger partial charge in [0.15, 0.2) is 6.61 Å². The first-order chi connectivity index (χ1) is 9.25. The molecule has 5 heteroatoms. The molecule has 0 bridgehead atoms. The fraction of sp³-hybridized carbons (Fsp3) is 0.571. The minimum atomic E-state index is -0.274. The van der Waals surface area contributed by atoms with E-state index in [2.05, 4.69) is 6.07 Å². The summed E-state index contributed by atoms with van der Waals surface area (Å²) in [7, 11) is 0. The number of carbonyl (C=O) groups is 2. The molecule has 1 aliphatic rings. The Morgan fingerprint density at radius 3 is 2.79 bits per heavy atom. The van der Waals surface area contributed by atoms with Crippen LogP contribution < -0.4 is 0 Å². The Labute approximate surface area is 117 Å². The Morgan fingerprint density at radius 2 is 2.11 bits per heavy atom. The minimum absolute atomic E-state index is 0.0656. The largest absolute Gasteiger partial charge is 0.456 e. The summed E-state index contributed by atoms with van der Waals surface area (Å²) in [5.74, 6) is -0.340. The predicted octanol–water partition coefficient (Wildman–Crippen LogP) is 2.24. The van der Waals surface area contributed by atoms with Crippen molar-refractivity contribution in [2.75, 3.05) is 19.7 Å². The van der Waals surface area contributed by atoms with Gasteiger partial charge in [-0.3, -0.25) is 9.59 Å². The van der Waals surface area contributed by atoms with Gasteiger partial charge in [-0.25, -0.2) is 0 Å². The molecule has 2 heterocycles. The normalized spacial score (nSPS) is 14.6. The Kier molecular flexibility index (Phi) is 5.39. The highest BCUT2D eigenvalue weighted by Crippen LogP contribution is 2.12. The quantitative estimate of drug-likeness (QED) is 0.751. The van der Waals surface area contributed by atoms with E-state index in [1.54, 1.807) is 16.2 Å². The molecule has 0 aromatic carbocycles. The third kappa shape index (κ3) is 4.67. The number of amides is 1. The molecule has 1 aromatic heterocycles. The van der Waals surface area contributed by atoms with Gasteiger partial charge in [0.1, 0.15) is 0 Å². The molecular weight excluding hydrogens is 262 g/mol. The van der Waals surface area contributed by atoms with Crippen LogP contribution in [-0.4, -0.2) is 36.5 Å². The van der Waals surface area contributed by atoms with Gasteiger partial charge < -0.3 is 9.64 Å². The summed E-state index contributed by atoms with van der Waals surface area (Å²) in [4.78, 5) is 26.2. The van der Waals surface area contributed by atoms with Crippen LogP contribution >= 0.6 is 11.3 Å². The first-order valence-corrected chi connectivity index (χ1v) is 7.59. The number of aryl methyl sites for hydroxylation is 1. The molecule has 4 nitrogen and oxygen atoms in total. The second kappa shape index (κ2) is 7.28. The van der Waals surface area contributed by atoms with Gasteiger partial charge in [-0.05, 0) is 37.1 Å². The highest BCUT2D eigenvalue weighted by molar-refractivity contribution is 7.09. The summed E-state index contributed by atoms with van der Waals surface area (Å²) in [5.41, 5.74) is 0. The Balaban J connectivity index is 1.57. The molecule has 0 radical (unpaired) electrons. The molecule has 0 N–H and O–H groups in total. The molecule has 0 spiro atoms. The van der Waals surface area contributed by atoms with Crippen molar-refractivity contribution in [2.24, 2.45) is 0 Å². The Morgan fingerprint density at radius 1 is 1.32 bits per heavy atom. The van der Waals surface area contributed by atoms with E-state index in [1.807, 2.05) is 11.4 Å². The minimum Gasteiger partial charge on any atom is -0.456 e. The highest BCUT2D eigenvalue weighted by atomic mass is 32.1. The van der Waals surface area contributed by atoms with Gasteiger partial charge in [-0.15, -0.1) is 11.3 Å². The summed E-state index contributed by atoms with van der Waals surface area (Å²) >= 11 is 1.70. The van der Waals surface area contributed by atoms with E-state index in [1.165, 1.54) is 4.88 Å². The first-order valence-electron chi connectivity index (χ1n) is 6.71. The molecule has 104 valence electrons. The van der Waals surface area contributed by atoms with Crippen molar-refractivity contribution in [3.63, 3.8) is 0 Å². The van der Waals surface area contributed by atoms with E-state index in [0.29, 0.717) is 6.42 Å². The zero-order chi connectivity index (χ0) is 13.5. The molecule has 1 aromatic rings. The van der Waals surface area contributed by atoms with Crippen molar-refractivity contribution >= 4 is 23.2 Å². The maximum Gasteiger partial charge on any atom is 0.306 e. The maximum atomic E-state index is 11.7. The summed E-state index contributed by atoms with van der Waals surface area (Å²) in [5, 5.41) is 2.03. The van der Waals surface area contributed by atoms with Crippen LogP contribution in [0, 0.1) is 0 Å². The lowest BCUT2D eigenvalue weighted by Crippen LogP contribution is -2.32. The van der Waals surface area contributed by atoms with E-state index >= 15 is 0 Å². The van der Waals surface area contributed by atoms with Crippen LogP contribution in [0.2, 0.25) is 0 Å². The number of ether oxygens (including phenoxy) is 1. The van der Waals surface area contributed by atoms with Crippen LogP contribution in [0.15, 0.2) is 17.5 Å². The average Bonchev–Trinajstić information content (AvgIpc) is 3.08. The zero-order valence-electron chi connectivity index (χ0n) is 11.0. The molecule has 0 aliphatic carbocycles. The molecule has 2 rings (SSSR count). The number of hydrogen-bond donors (Lipinski definition) is 0. The molecule has 0 saturated carbocycles. The van der Waals surface area contributed by atoms with Crippen molar-refractivity contribution in [1.82, 2.24) is 4.90 Å². The van der Waals surface area contributed by atoms with Crippen LogP contribution in [0.3, 0.4) is 0 Å². The lowest BCUT2D eigenvalue weighted by molar-refractivity contribution is -0.151. The molecule has 1 saturated heterocycles. The van der Waals surface area contributed by atoms with Crippen molar-refractivity contribution in [1.29, 1.82) is 0 Å². The fourth-order valence-electron chi connectivity index (χ4n) is 2.13. The lowest BCUT2D eigenvalue weighted by Gasteiger charge is -2.14. The Hall–Kier alpha value is -1.36. The Bertz CT molecular complexity index is 410. The van der Waals surface area contributed by atoms with Crippen molar-refractivity contribution in [3.05, 3.63) is 22.4 Å². The lowest BCUT2D eigenvalue weighted by atomic mass is 10.2. The number of rotatable bonds is 6. The standard InChI is InChI=1S/C14H19NO3S/c16-13(15-8-1-2-9-15)11-18-14(17)7-3-5-12-6-4-10-19-12/h4,6,10H,1-3,5,7-9,11H2. The topological polar surface area (TPSA) is 46.6 Å². The monoisotopic (exact) mass is 281 g/mol. The van der Waals surface area contributed by atoms with Crippen molar-refractivity contribution < 1.29 is 14.3 Å². The van der Waals surface area contributed by atoms with Crippen molar-refractivity contribution in [2.45, 2.75) is 32.1 Å². The van der Waals surface area contributed by atoms with Crippen LogP contribution in [0.25, 0.3) is 0 Å². The van der Waals surface area contributed by atoms with Gasteiger partial charge in [-0.2, -0.15) is 0 Å². The number of thiophene rings is 1. The first kappa shape index (κ1) is 14.1. The zero-order valence-corrected chi connectivity index (χ0v) is 11.8. The summed E-state index contributed by atoms with van der Waals surface area (Å²) < 4.78 is 5.01. The fourth-order valence-corrected chi connectivity index (χ4v) is 2.89. The average molecular weight is 281 g/mol. The SMILES string of the molecule is O=C(CCCc1cccs1)OCC(=O)N1CCCC1. The van der Waals surface area contributed by atoms with Crippen LogP contribution in [-0.2, 0) is 20.7 Å². The van der Waals surface area contributed by atoms with Gasteiger partial charge in [0.05, 0.1) is 0 Å². The molecule has 1 fully saturated rings. The molecule has 1 aliphatic heterocycles. The second-order valence-corrected chi connectivity index (χ2v) is 5.71. The number of hydrogen-bond acceptors (Lipinski definition) is 4. The number of likely N-dealkylation sites (tertiary alicyclic amines) is 1. The van der Waals surface area contributed by atoms with E-state index in [9.17, 15) is 9.59 Å². The van der Waals surface area contributed by atoms with Gasteiger partial charge in [0.25, 0.3) is 5.91 Å². The summed E-state index contributed by atoms with van der Waals surface area (Å²) in [6.45, 7) is 1.50. The maximum absolute atomic E-state index is 11.7. The molecular formula is C14H19NO3S. The molecule has 19 heavy (non-hydrogen) atoms. The van der Waals surface area contributed by atoms with Gasteiger partial charge >= 0.3 is 5.97 Å². The smallest absolute Gasteiger partial charge is 0.306 e. The molecule has 0 unspecified atom stereocenters. The van der Waals surface area contributed by atoms with Crippen LogP contribution in [0.5, 0.6) is 0 Å². The summed E-state index contributed by atoms with van der Waals surface area (Å²) in [6.07, 6.45) is 4.16. The van der Waals surface area contributed by atoms with E-state index in [0.717, 1.165) is 38.8 Å². The van der Waals surface area contributed by atoms with Crippen LogP contribution in [0.1, 0.15) is 30.6 Å². The number of carbonyl (C=O) groups excluding carboxylic acids is 2. The van der Waals surface area contributed by atoms with Crippen LogP contribution in [0.4, 0.5) is 0 Å². The predicted molar refractivity (Wildman–Crippen MR) is 74.0 cm³/mol. The van der Waals surface area contributed by atoms with E-state index in [4.69, 9.17) is 4.74 Å². The third-order valence-corrected chi connectivity index (χ3v) is 4.14. The van der Waals surface area contributed by atoms with E-state index in [-0.39, 0.29) is 18.5 Å². The van der Waals surface area contributed by atoms with Gasteiger partial charge in [0.2, 0.25) is 0 Å². The highest BCUT2D eigenvalue weighted by Gasteiger charge is 2.18.